The van der Waals surface area contributed by atoms with Gasteiger partial charge in [-0.25, -0.2) is 0 Å². The molecule has 0 N–H and O–H groups in total. The van der Waals surface area contributed by atoms with Crippen LogP contribution < -0.4 is 0 Å². The Hall–Kier alpha value is -2.44. The third-order valence-electron chi connectivity index (χ3n) is 4.19. The summed E-state index contributed by atoms with van der Waals surface area (Å²) in [7, 11) is 0. The topological polar surface area (TPSA) is 72.7 Å². The Bertz CT molecular complexity index is 807. The average molecular weight is 361 g/mol. The summed E-state index contributed by atoms with van der Waals surface area (Å²) in [6.07, 6.45) is -0.208. The van der Waals surface area contributed by atoms with E-state index < -0.39 is 4.92 Å². The fraction of sp³-hybridized carbons (Fsp3) is 0.278. The molecule has 1 saturated heterocycles. The standard InChI is InChI=1S/C18H17ClN2O4/c1-12-2-4-13(5-3-12)17-11-20(8-9-25-17)18(22)14-6-7-15(19)16(10-14)21(23)24/h2-7,10,17H,8-9,11H2,1H3. The molecule has 130 valence electrons. The molecule has 2 aromatic carbocycles. The average Bonchev–Trinajstić information content (AvgIpc) is 2.62. The molecule has 2 aromatic rings. The van der Waals surface area contributed by atoms with E-state index in [4.69, 9.17) is 16.3 Å². The normalized spacial score (nSPS) is 17.4. The lowest BCUT2D eigenvalue weighted by molar-refractivity contribution is -0.384. The van der Waals surface area contributed by atoms with Crippen molar-refractivity contribution in [2.75, 3.05) is 19.7 Å². The number of hydrogen-bond acceptors (Lipinski definition) is 4. The first-order valence-electron chi connectivity index (χ1n) is 7.87. The lowest BCUT2D eigenvalue weighted by Gasteiger charge is -2.33. The van der Waals surface area contributed by atoms with Crippen molar-refractivity contribution in [2.45, 2.75) is 13.0 Å². The predicted molar refractivity (Wildman–Crippen MR) is 93.9 cm³/mol. The van der Waals surface area contributed by atoms with Crippen molar-refractivity contribution < 1.29 is 14.5 Å². The van der Waals surface area contributed by atoms with Crippen molar-refractivity contribution in [1.82, 2.24) is 4.90 Å². The highest BCUT2D eigenvalue weighted by Crippen LogP contribution is 2.27. The first kappa shape index (κ1) is 17.4. The van der Waals surface area contributed by atoms with Gasteiger partial charge in [-0.05, 0) is 24.6 Å². The minimum Gasteiger partial charge on any atom is -0.370 e. The van der Waals surface area contributed by atoms with Crippen molar-refractivity contribution in [2.24, 2.45) is 0 Å². The number of nitro groups is 1. The number of carbonyl (C=O) groups excluding carboxylic acids is 1. The molecule has 0 spiro atoms. The van der Waals surface area contributed by atoms with Gasteiger partial charge >= 0.3 is 0 Å². The Morgan fingerprint density at radius 3 is 2.68 bits per heavy atom. The Balaban J connectivity index is 1.79. The van der Waals surface area contributed by atoms with E-state index in [-0.39, 0.29) is 28.3 Å². The molecule has 1 aliphatic heterocycles. The van der Waals surface area contributed by atoms with Crippen LogP contribution in [-0.4, -0.2) is 35.4 Å². The van der Waals surface area contributed by atoms with Crippen LogP contribution in [0.15, 0.2) is 42.5 Å². The van der Waals surface area contributed by atoms with Crippen molar-refractivity contribution in [3.05, 3.63) is 74.3 Å². The molecule has 1 heterocycles. The van der Waals surface area contributed by atoms with Crippen LogP contribution in [0.25, 0.3) is 0 Å². The SMILES string of the molecule is Cc1ccc(C2CN(C(=O)c3ccc(Cl)c([N+](=O)[O-])c3)CCO2)cc1. The van der Waals surface area contributed by atoms with Crippen molar-refractivity contribution in [1.29, 1.82) is 0 Å². The van der Waals surface area contributed by atoms with Crippen LogP contribution in [-0.2, 0) is 4.74 Å². The number of rotatable bonds is 3. The highest BCUT2D eigenvalue weighted by Gasteiger charge is 2.27. The van der Waals surface area contributed by atoms with E-state index in [1.165, 1.54) is 18.2 Å². The Labute approximate surface area is 150 Å². The lowest BCUT2D eigenvalue weighted by atomic mass is 10.1. The van der Waals surface area contributed by atoms with Gasteiger partial charge < -0.3 is 9.64 Å². The monoisotopic (exact) mass is 360 g/mol. The van der Waals surface area contributed by atoms with Crippen LogP contribution in [0, 0.1) is 17.0 Å². The van der Waals surface area contributed by atoms with Gasteiger partial charge in [0.2, 0.25) is 0 Å². The number of halogens is 1. The summed E-state index contributed by atoms with van der Waals surface area (Å²) in [6, 6.07) is 12.1. The summed E-state index contributed by atoms with van der Waals surface area (Å²) in [6.45, 7) is 3.27. The second kappa shape index (κ2) is 7.21. The van der Waals surface area contributed by atoms with E-state index in [9.17, 15) is 14.9 Å². The van der Waals surface area contributed by atoms with E-state index in [0.717, 1.165) is 11.1 Å². The van der Waals surface area contributed by atoms with Crippen LogP contribution in [0.1, 0.15) is 27.6 Å². The summed E-state index contributed by atoms with van der Waals surface area (Å²) >= 11 is 5.81. The molecular formula is C18H17ClN2O4. The maximum Gasteiger partial charge on any atom is 0.288 e. The number of carbonyl (C=O) groups is 1. The molecule has 3 rings (SSSR count). The van der Waals surface area contributed by atoms with Gasteiger partial charge in [0, 0.05) is 18.2 Å². The van der Waals surface area contributed by atoms with Gasteiger partial charge in [0.05, 0.1) is 18.1 Å². The second-order valence-corrected chi connectivity index (χ2v) is 6.35. The lowest BCUT2D eigenvalue weighted by Crippen LogP contribution is -2.42. The second-order valence-electron chi connectivity index (χ2n) is 5.94. The van der Waals surface area contributed by atoms with Crippen molar-refractivity contribution in [3.8, 4) is 0 Å². The molecule has 1 fully saturated rings. The largest absolute Gasteiger partial charge is 0.370 e. The van der Waals surface area contributed by atoms with Crippen LogP contribution in [0.3, 0.4) is 0 Å². The van der Waals surface area contributed by atoms with Gasteiger partial charge in [-0.2, -0.15) is 0 Å². The highest BCUT2D eigenvalue weighted by molar-refractivity contribution is 6.32. The van der Waals surface area contributed by atoms with Gasteiger partial charge in [-0.1, -0.05) is 41.4 Å². The molecule has 0 aromatic heterocycles. The summed E-state index contributed by atoms with van der Waals surface area (Å²) in [4.78, 5) is 24.8. The van der Waals surface area contributed by atoms with Crippen LogP contribution in [0.2, 0.25) is 5.02 Å². The molecule has 0 aliphatic carbocycles. The summed E-state index contributed by atoms with van der Waals surface area (Å²) in [5.74, 6) is -0.264. The van der Waals surface area contributed by atoms with E-state index in [1.54, 1.807) is 4.90 Å². The first-order valence-corrected chi connectivity index (χ1v) is 8.25. The van der Waals surface area contributed by atoms with Crippen molar-refractivity contribution >= 4 is 23.2 Å². The van der Waals surface area contributed by atoms with Gasteiger partial charge in [0.25, 0.3) is 11.6 Å². The number of morpholine rings is 1. The molecule has 1 atom stereocenters. The van der Waals surface area contributed by atoms with Gasteiger partial charge in [-0.3, -0.25) is 14.9 Å². The molecule has 1 amide bonds. The molecular weight excluding hydrogens is 344 g/mol. The molecule has 25 heavy (non-hydrogen) atoms. The van der Waals surface area contributed by atoms with E-state index >= 15 is 0 Å². The Morgan fingerprint density at radius 2 is 2.00 bits per heavy atom. The maximum atomic E-state index is 12.7. The zero-order chi connectivity index (χ0) is 18.0. The minimum absolute atomic E-state index is 0.0149. The smallest absolute Gasteiger partial charge is 0.288 e. The van der Waals surface area contributed by atoms with Crippen LogP contribution in [0.5, 0.6) is 0 Å². The van der Waals surface area contributed by atoms with Gasteiger partial charge in [0.15, 0.2) is 0 Å². The van der Waals surface area contributed by atoms with E-state index in [2.05, 4.69) is 0 Å². The van der Waals surface area contributed by atoms with Gasteiger partial charge in [-0.15, -0.1) is 0 Å². The fourth-order valence-corrected chi connectivity index (χ4v) is 2.97. The molecule has 0 bridgehead atoms. The fourth-order valence-electron chi connectivity index (χ4n) is 2.78. The molecule has 6 nitrogen and oxygen atoms in total. The van der Waals surface area contributed by atoms with Crippen LogP contribution in [0.4, 0.5) is 5.69 Å². The number of nitrogens with zero attached hydrogens (tertiary/aromatic N) is 2. The number of amides is 1. The quantitative estimate of drug-likeness (QED) is 0.617. The molecule has 1 unspecified atom stereocenters. The maximum absolute atomic E-state index is 12.7. The zero-order valence-electron chi connectivity index (χ0n) is 13.6. The van der Waals surface area contributed by atoms with Gasteiger partial charge in [0.1, 0.15) is 11.1 Å². The third kappa shape index (κ3) is 3.81. The Morgan fingerprint density at radius 1 is 1.28 bits per heavy atom. The van der Waals surface area contributed by atoms with E-state index in [0.29, 0.717) is 19.7 Å². The Kier molecular flexibility index (Phi) is 5.01. The van der Waals surface area contributed by atoms with Crippen LogP contribution >= 0.6 is 11.6 Å². The number of ether oxygens (including phenoxy) is 1. The zero-order valence-corrected chi connectivity index (χ0v) is 14.4. The number of aryl methyl sites for hydroxylation is 1. The first-order chi connectivity index (χ1) is 12.0. The molecule has 0 radical (unpaired) electrons. The summed E-state index contributed by atoms with van der Waals surface area (Å²) in [5, 5.41) is 11.0. The third-order valence-corrected chi connectivity index (χ3v) is 4.51. The number of benzene rings is 2. The minimum atomic E-state index is -0.590. The molecule has 1 aliphatic rings. The van der Waals surface area contributed by atoms with Crippen molar-refractivity contribution in [3.63, 3.8) is 0 Å². The number of nitro benzene ring substituents is 1. The summed E-state index contributed by atoms with van der Waals surface area (Å²) in [5.41, 5.74) is 2.14. The highest BCUT2D eigenvalue weighted by atomic mass is 35.5. The van der Waals surface area contributed by atoms with E-state index in [1.807, 2.05) is 31.2 Å². The number of hydrogen-bond donors (Lipinski definition) is 0. The molecule has 0 saturated carbocycles. The molecule has 7 heteroatoms. The predicted octanol–water partition coefficient (Wildman–Crippen LogP) is 3.77. The summed E-state index contributed by atoms with van der Waals surface area (Å²) < 4.78 is 5.78.